The van der Waals surface area contributed by atoms with Crippen molar-refractivity contribution in [2.45, 2.75) is 25.0 Å². The molecule has 36 heavy (non-hydrogen) atoms. The highest BCUT2D eigenvalue weighted by Crippen LogP contribution is 2.29. The minimum absolute atomic E-state index is 0.134. The third kappa shape index (κ3) is 5.20. The van der Waals surface area contributed by atoms with E-state index in [4.69, 9.17) is 0 Å². The van der Waals surface area contributed by atoms with E-state index in [0.29, 0.717) is 17.0 Å². The summed E-state index contributed by atoms with van der Waals surface area (Å²) in [6, 6.07) is 22.9. The first-order valence-electron chi connectivity index (χ1n) is 12.2. The van der Waals surface area contributed by atoms with Crippen molar-refractivity contribution in [3.8, 4) is 17.1 Å². The van der Waals surface area contributed by atoms with Gasteiger partial charge < -0.3 is 4.90 Å². The molecule has 1 amide bonds. The summed E-state index contributed by atoms with van der Waals surface area (Å²) >= 11 is 1.44. The van der Waals surface area contributed by atoms with E-state index < -0.39 is 0 Å². The van der Waals surface area contributed by atoms with Crippen LogP contribution in [0.3, 0.4) is 0 Å². The number of para-hydroxylation sites is 1. The van der Waals surface area contributed by atoms with E-state index in [-0.39, 0.29) is 5.91 Å². The highest BCUT2D eigenvalue weighted by molar-refractivity contribution is 7.99. The summed E-state index contributed by atoms with van der Waals surface area (Å²) in [6.07, 6.45) is 3.53. The minimum atomic E-state index is 0.134. The van der Waals surface area contributed by atoms with E-state index in [9.17, 15) is 4.79 Å². The largest absolute Gasteiger partial charge is 0.339 e. The summed E-state index contributed by atoms with van der Waals surface area (Å²) in [5, 5.41) is 9.64. The van der Waals surface area contributed by atoms with Gasteiger partial charge in [-0.15, -0.1) is 10.2 Å². The predicted octanol–water partition coefficient (Wildman–Crippen LogP) is 4.64. The quantitative estimate of drug-likeness (QED) is 0.346. The van der Waals surface area contributed by atoms with Gasteiger partial charge in [0, 0.05) is 50.2 Å². The van der Waals surface area contributed by atoms with E-state index in [1.54, 1.807) is 12.4 Å². The first-order chi connectivity index (χ1) is 17.6. The van der Waals surface area contributed by atoms with Gasteiger partial charge in [0.1, 0.15) is 0 Å². The SMILES string of the molecule is Cc1ccccc1-n1c(SCC(=O)N2CCN(C(C)c3ccccc3)CC2)nnc1-c1cccnc1. The van der Waals surface area contributed by atoms with Crippen LogP contribution in [0.5, 0.6) is 0 Å². The number of hydrogen-bond acceptors (Lipinski definition) is 6. The van der Waals surface area contributed by atoms with Gasteiger partial charge in [0.15, 0.2) is 11.0 Å². The van der Waals surface area contributed by atoms with Crippen molar-refractivity contribution in [2.75, 3.05) is 31.9 Å². The highest BCUT2D eigenvalue weighted by Gasteiger charge is 2.26. The van der Waals surface area contributed by atoms with E-state index in [2.05, 4.69) is 70.3 Å². The van der Waals surface area contributed by atoms with Crippen LogP contribution in [-0.2, 0) is 4.79 Å². The number of thioether (sulfide) groups is 1. The van der Waals surface area contributed by atoms with Gasteiger partial charge in [-0.1, -0.05) is 60.3 Å². The van der Waals surface area contributed by atoms with E-state index in [1.807, 2.05) is 39.8 Å². The summed E-state index contributed by atoms with van der Waals surface area (Å²) in [7, 11) is 0. The van der Waals surface area contributed by atoms with Gasteiger partial charge in [0.25, 0.3) is 0 Å². The maximum absolute atomic E-state index is 13.1. The Morgan fingerprint density at radius 2 is 1.69 bits per heavy atom. The zero-order chi connectivity index (χ0) is 24.9. The number of aromatic nitrogens is 4. The monoisotopic (exact) mass is 498 g/mol. The fourth-order valence-electron chi connectivity index (χ4n) is 4.60. The van der Waals surface area contributed by atoms with Gasteiger partial charge >= 0.3 is 0 Å². The number of nitrogens with zero attached hydrogens (tertiary/aromatic N) is 6. The summed E-state index contributed by atoms with van der Waals surface area (Å²) in [5.41, 5.74) is 4.31. The van der Waals surface area contributed by atoms with Crippen LogP contribution in [0.2, 0.25) is 0 Å². The number of carbonyl (C=O) groups excluding carboxylic acids is 1. The van der Waals surface area contributed by atoms with Crippen LogP contribution in [0.1, 0.15) is 24.1 Å². The molecule has 1 fully saturated rings. The molecule has 3 heterocycles. The van der Waals surface area contributed by atoms with Gasteiger partial charge in [-0.2, -0.15) is 0 Å². The molecule has 0 aliphatic carbocycles. The van der Waals surface area contributed by atoms with Gasteiger partial charge in [0.05, 0.1) is 11.4 Å². The molecule has 184 valence electrons. The molecule has 0 spiro atoms. The Labute approximate surface area is 216 Å². The van der Waals surface area contributed by atoms with Crippen LogP contribution < -0.4 is 0 Å². The molecule has 0 bridgehead atoms. The molecule has 0 N–H and O–H groups in total. The molecule has 1 unspecified atom stereocenters. The number of hydrogen-bond donors (Lipinski definition) is 0. The van der Waals surface area contributed by atoms with Crippen molar-refractivity contribution in [3.63, 3.8) is 0 Å². The van der Waals surface area contributed by atoms with Crippen LogP contribution in [-0.4, -0.2) is 67.4 Å². The highest BCUT2D eigenvalue weighted by atomic mass is 32.2. The number of aryl methyl sites for hydroxylation is 1. The number of benzene rings is 2. The molecule has 2 aromatic heterocycles. The third-order valence-electron chi connectivity index (χ3n) is 6.73. The van der Waals surface area contributed by atoms with E-state index >= 15 is 0 Å². The number of carbonyl (C=O) groups is 1. The Morgan fingerprint density at radius 1 is 0.944 bits per heavy atom. The maximum Gasteiger partial charge on any atom is 0.233 e. The Morgan fingerprint density at radius 3 is 2.42 bits per heavy atom. The zero-order valence-electron chi connectivity index (χ0n) is 20.6. The maximum atomic E-state index is 13.1. The van der Waals surface area contributed by atoms with Crippen molar-refractivity contribution in [1.82, 2.24) is 29.5 Å². The van der Waals surface area contributed by atoms with Gasteiger partial charge in [-0.05, 0) is 43.2 Å². The summed E-state index contributed by atoms with van der Waals surface area (Å²) in [6.45, 7) is 7.52. The Hall–Kier alpha value is -3.49. The second-order valence-corrected chi connectivity index (χ2v) is 9.90. The minimum Gasteiger partial charge on any atom is -0.339 e. The Kier molecular flexibility index (Phi) is 7.44. The average molecular weight is 499 g/mol. The number of pyridine rings is 1. The van der Waals surface area contributed by atoms with E-state index in [0.717, 1.165) is 48.8 Å². The van der Waals surface area contributed by atoms with E-state index in [1.165, 1.54) is 17.3 Å². The van der Waals surface area contributed by atoms with Crippen LogP contribution in [0.25, 0.3) is 17.1 Å². The van der Waals surface area contributed by atoms with Crippen molar-refractivity contribution < 1.29 is 4.79 Å². The lowest BCUT2D eigenvalue weighted by Crippen LogP contribution is -2.49. The Balaban J connectivity index is 1.27. The van der Waals surface area contributed by atoms with Crippen molar-refractivity contribution in [2.24, 2.45) is 0 Å². The second kappa shape index (κ2) is 11.1. The first-order valence-corrected chi connectivity index (χ1v) is 13.2. The Bertz CT molecular complexity index is 1300. The molecule has 1 aliphatic rings. The average Bonchev–Trinajstić information content (AvgIpc) is 3.36. The zero-order valence-corrected chi connectivity index (χ0v) is 21.4. The smallest absolute Gasteiger partial charge is 0.233 e. The normalized spacial score (nSPS) is 15.1. The van der Waals surface area contributed by atoms with Gasteiger partial charge in [0.2, 0.25) is 5.91 Å². The fraction of sp³-hybridized carbons (Fsp3) is 0.286. The molecule has 1 atom stereocenters. The van der Waals surface area contributed by atoms with Crippen molar-refractivity contribution in [3.05, 3.63) is 90.3 Å². The lowest BCUT2D eigenvalue weighted by Gasteiger charge is -2.38. The predicted molar refractivity (Wildman–Crippen MR) is 143 cm³/mol. The molecule has 8 heteroatoms. The second-order valence-electron chi connectivity index (χ2n) is 8.96. The topological polar surface area (TPSA) is 67.2 Å². The van der Waals surface area contributed by atoms with Crippen molar-refractivity contribution >= 4 is 17.7 Å². The standard InChI is InChI=1S/C28H30N6OS/c1-21-9-6-7-13-25(21)34-27(24-12-8-14-29-19-24)30-31-28(34)36-20-26(35)33-17-15-32(16-18-33)22(2)23-10-4-3-5-11-23/h3-14,19,22H,15-18,20H2,1-2H3. The van der Waals surface area contributed by atoms with Crippen LogP contribution >= 0.6 is 11.8 Å². The van der Waals surface area contributed by atoms with Crippen molar-refractivity contribution in [1.29, 1.82) is 0 Å². The van der Waals surface area contributed by atoms with Crippen LogP contribution in [0.4, 0.5) is 0 Å². The summed E-state index contributed by atoms with van der Waals surface area (Å²) in [5.74, 6) is 1.18. The number of piperazine rings is 1. The lowest BCUT2D eigenvalue weighted by atomic mass is 10.1. The molecule has 1 aliphatic heterocycles. The van der Waals surface area contributed by atoms with Gasteiger partial charge in [-0.3, -0.25) is 19.2 Å². The van der Waals surface area contributed by atoms with Crippen LogP contribution in [0, 0.1) is 6.92 Å². The molecular formula is C28H30N6OS. The van der Waals surface area contributed by atoms with Gasteiger partial charge in [-0.25, -0.2) is 0 Å². The first kappa shape index (κ1) is 24.2. The number of rotatable bonds is 7. The number of amides is 1. The van der Waals surface area contributed by atoms with Crippen LogP contribution in [0.15, 0.2) is 84.3 Å². The third-order valence-corrected chi connectivity index (χ3v) is 7.64. The lowest BCUT2D eigenvalue weighted by molar-refractivity contribution is -0.130. The molecule has 5 rings (SSSR count). The molecular weight excluding hydrogens is 468 g/mol. The summed E-state index contributed by atoms with van der Waals surface area (Å²) in [4.78, 5) is 21.8. The molecule has 4 aromatic rings. The molecule has 0 saturated carbocycles. The summed E-state index contributed by atoms with van der Waals surface area (Å²) < 4.78 is 2.03. The molecule has 1 saturated heterocycles. The fourth-order valence-corrected chi connectivity index (χ4v) is 5.44. The molecule has 0 radical (unpaired) electrons. The molecule has 2 aromatic carbocycles. The molecule has 7 nitrogen and oxygen atoms in total.